The van der Waals surface area contributed by atoms with Crippen LogP contribution in [0.15, 0.2) is 29.4 Å². The largest absolute Gasteiger partial charge is 0.261 e. The first-order chi connectivity index (χ1) is 5.72. The van der Waals surface area contributed by atoms with Gasteiger partial charge in [-0.25, -0.2) is 0 Å². The zero-order valence-electron chi connectivity index (χ0n) is 8.96. The zero-order chi connectivity index (χ0) is 9.98. The molecule has 0 unspecified atom stereocenters. The molecule has 0 fully saturated rings. The van der Waals surface area contributed by atoms with Crippen molar-refractivity contribution in [3.05, 3.63) is 24.4 Å². The van der Waals surface area contributed by atoms with Gasteiger partial charge < -0.3 is 0 Å². The molecule has 70 valence electrons. The molecule has 0 aliphatic carbocycles. The Labute approximate surface area is 76.9 Å². The molecule has 0 heterocycles. The SMILES string of the molecule is C=CC=N/C(=C\C)C(C)C.CC. The highest BCUT2D eigenvalue weighted by Gasteiger charge is 1.96. The third-order valence-corrected chi connectivity index (χ3v) is 1.22. The predicted octanol–water partition coefficient (Wildman–Crippen LogP) is 3.83. The van der Waals surface area contributed by atoms with E-state index in [1.807, 2.05) is 26.8 Å². The van der Waals surface area contributed by atoms with Gasteiger partial charge in [-0.2, -0.15) is 0 Å². The van der Waals surface area contributed by atoms with Crippen LogP contribution in [-0.2, 0) is 0 Å². The van der Waals surface area contributed by atoms with Crippen molar-refractivity contribution in [2.24, 2.45) is 10.9 Å². The summed E-state index contributed by atoms with van der Waals surface area (Å²) in [7, 11) is 0. The Bertz CT molecular complexity index is 152. The van der Waals surface area contributed by atoms with E-state index in [1.54, 1.807) is 12.3 Å². The van der Waals surface area contributed by atoms with Gasteiger partial charge in [-0.1, -0.05) is 46.4 Å². The second-order valence-electron chi connectivity index (χ2n) is 2.38. The van der Waals surface area contributed by atoms with Crippen molar-refractivity contribution in [1.82, 2.24) is 0 Å². The molecule has 12 heavy (non-hydrogen) atoms. The summed E-state index contributed by atoms with van der Waals surface area (Å²) in [5.41, 5.74) is 1.11. The number of hydrogen-bond acceptors (Lipinski definition) is 1. The monoisotopic (exact) mass is 167 g/mol. The van der Waals surface area contributed by atoms with Crippen molar-refractivity contribution in [3.63, 3.8) is 0 Å². The van der Waals surface area contributed by atoms with Crippen LogP contribution in [0.4, 0.5) is 0 Å². The van der Waals surface area contributed by atoms with Crippen LogP contribution in [0.5, 0.6) is 0 Å². The molecule has 0 atom stereocenters. The van der Waals surface area contributed by atoms with Gasteiger partial charge in [-0.05, 0) is 12.8 Å². The molecule has 0 aromatic rings. The second kappa shape index (κ2) is 10.2. The van der Waals surface area contributed by atoms with E-state index in [0.29, 0.717) is 5.92 Å². The van der Waals surface area contributed by atoms with Gasteiger partial charge in [0.1, 0.15) is 0 Å². The van der Waals surface area contributed by atoms with Gasteiger partial charge in [0.2, 0.25) is 0 Å². The Morgan fingerprint density at radius 2 is 1.83 bits per heavy atom. The maximum atomic E-state index is 4.18. The maximum Gasteiger partial charge on any atom is 0.0386 e. The molecule has 0 aliphatic rings. The topological polar surface area (TPSA) is 12.4 Å². The molecule has 1 heteroatoms. The van der Waals surface area contributed by atoms with Crippen LogP contribution in [0, 0.1) is 5.92 Å². The Balaban J connectivity index is 0. The average Bonchev–Trinajstić information content (AvgIpc) is 2.09. The van der Waals surface area contributed by atoms with Gasteiger partial charge >= 0.3 is 0 Å². The molecule has 0 bridgehead atoms. The summed E-state index contributed by atoms with van der Waals surface area (Å²) in [5, 5.41) is 0. The lowest BCUT2D eigenvalue weighted by Gasteiger charge is -2.02. The van der Waals surface area contributed by atoms with Crippen molar-refractivity contribution in [2.45, 2.75) is 34.6 Å². The molecular weight excluding hydrogens is 146 g/mol. The zero-order valence-corrected chi connectivity index (χ0v) is 8.96. The van der Waals surface area contributed by atoms with Crippen molar-refractivity contribution in [3.8, 4) is 0 Å². The van der Waals surface area contributed by atoms with Crippen molar-refractivity contribution < 1.29 is 0 Å². The first kappa shape index (κ1) is 13.7. The summed E-state index contributed by atoms with van der Waals surface area (Å²) in [6.07, 6.45) is 5.42. The Hall–Kier alpha value is -0.850. The van der Waals surface area contributed by atoms with Crippen molar-refractivity contribution >= 4 is 6.21 Å². The van der Waals surface area contributed by atoms with Crippen LogP contribution in [0.1, 0.15) is 34.6 Å². The Morgan fingerprint density at radius 3 is 2.08 bits per heavy atom. The number of hydrogen-bond donors (Lipinski definition) is 0. The number of aliphatic imine (C=N–C) groups is 1. The molecule has 0 aromatic carbocycles. The van der Waals surface area contributed by atoms with E-state index in [4.69, 9.17) is 0 Å². The summed E-state index contributed by atoms with van der Waals surface area (Å²) < 4.78 is 0. The Morgan fingerprint density at radius 1 is 1.33 bits per heavy atom. The highest BCUT2D eigenvalue weighted by Crippen LogP contribution is 2.09. The molecule has 0 saturated heterocycles. The minimum Gasteiger partial charge on any atom is -0.261 e. The molecular formula is C11H21N. The summed E-state index contributed by atoms with van der Waals surface area (Å²) >= 11 is 0. The first-order valence-corrected chi connectivity index (χ1v) is 4.53. The fourth-order valence-corrected chi connectivity index (χ4v) is 0.696. The van der Waals surface area contributed by atoms with Gasteiger partial charge in [0, 0.05) is 11.9 Å². The Kier molecular flexibility index (Phi) is 11.6. The van der Waals surface area contributed by atoms with Gasteiger partial charge in [0.15, 0.2) is 0 Å². The van der Waals surface area contributed by atoms with Gasteiger partial charge in [0.25, 0.3) is 0 Å². The van der Waals surface area contributed by atoms with E-state index in [-0.39, 0.29) is 0 Å². The lowest BCUT2D eigenvalue weighted by molar-refractivity contribution is 0.757. The van der Waals surface area contributed by atoms with E-state index in [9.17, 15) is 0 Å². The lowest BCUT2D eigenvalue weighted by atomic mass is 10.1. The lowest BCUT2D eigenvalue weighted by Crippen LogP contribution is -1.89. The predicted molar refractivity (Wildman–Crippen MR) is 58.6 cm³/mol. The minimum atomic E-state index is 0.501. The fraction of sp³-hybridized carbons (Fsp3) is 0.545. The van der Waals surface area contributed by atoms with E-state index >= 15 is 0 Å². The van der Waals surface area contributed by atoms with E-state index < -0.39 is 0 Å². The number of rotatable bonds is 3. The molecule has 0 aliphatic heterocycles. The fourth-order valence-electron chi connectivity index (χ4n) is 0.696. The molecule has 1 nitrogen and oxygen atoms in total. The molecule has 0 aromatic heterocycles. The average molecular weight is 167 g/mol. The minimum absolute atomic E-state index is 0.501. The van der Waals surface area contributed by atoms with Crippen LogP contribution in [0.2, 0.25) is 0 Å². The summed E-state index contributed by atoms with van der Waals surface area (Å²) in [6, 6.07) is 0. The van der Waals surface area contributed by atoms with Crippen LogP contribution >= 0.6 is 0 Å². The van der Waals surface area contributed by atoms with Crippen molar-refractivity contribution in [1.29, 1.82) is 0 Å². The van der Waals surface area contributed by atoms with E-state index in [1.165, 1.54) is 0 Å². The van der Waals surface area contributed by atoms with Crippen LogP contribution in [0.3, 0.4) is 0 Å². The van der Waals surface area contributed by atoms with Gasteiger partial charge in [-0.15, -0.1) is 0 Å². The number of allylic oxidation sites excluding steroid dienone is 3. The molecule has 0 N–H and O–H groups in total. The summed E-state index contributed by atoms with van der Waals surface area (Å²) in [4.78, 5) is 4.18. The van der Waals surface area contributed by atoms with E-state index in [0.717, 1.165) is 5.70 Å². The molecule has 0 saturated carbocycles. The quantitative estimate of drug-likeness (QED) is 0.566. The van der Waals surface area contributed by atoms with Gasteiger partial charge in [0.05, 0.1) is 0 Å². The van der Waals surface area contributed by atoms with Crippen molar-refractivity contribution in [2.75, 3.05) is 0 Å². The van der Waals surface area contributed by atoms with Crippen LogP contribution in [0.25, 0.3) is 0 Å². The van der Waals surface area contributed by atoms with Crippen LogP contribution in [-0.4, -0.2) is 6.21 Å². The van der Waals surface area contributed by atoms with E-state index in [2.05, 4.69) is 25.4 Å². The highest BCUT2D eigenvalue weighted by molar-refractivity contribution is 5.71. The normalized spacial score (nSPS) is 11.3. The molecule has 0 amide bonds. The molecule has 0 rings (SSSR count). The van der Waals surface area contributed by atoms with Crippen LogP contribution < -0.4 is 0 Å². The van der Waals surface area contributed by atoms with Gasteiger partial charge in [-0.3, -0.25) is 4.99 Å². The standard InChI is InChI=1S/C9H15N.C2H6/c1-5-7-10-9(6-2)8(3)4;1-2/h5-8H,1H2,2-4H3;1-2H3/b9-6-,10-7?;. The maximum absolute atomic E-state index is 4.18. The summed E-state index contributed by atoms with van der Waals surface area (Å²) in [5.74, 6) is 0.501. The third-order valence-electron chi connectivity index (χ3n) is 1.22. The highest BCUT2D eigenvalue weighted by atomic mass is 14.7. The molecule has 0 spiro atoms. The first-order valence-electron chi connectivity index (χ1n) is 4.53. The smallest absolute Gasteiger partial charge is 0.0386 e. The molecule has 0 radical (unpaired) electrons. The number of nitrogens with zero attached hydrogens (tertiary/aromatic N) is 1. The second-order valence-corrected chi connectivity index (χ2v) is 2.38. The summed E-state index contributed by atoms with van der Waals surface area (Å²) in [6.45, 7) is 13.8. The third kappa shape index (κ3) is 7.26.